The summed E-state index contributed by atoms with van der Waals surface area (Å²) in [5.74, 6) is -6.58. The molecule has 0 aliphatic carbocycles. The number of carbonyl (C=O) groups is 2. The zero-order chi connectivity index (χ0) is 35.4. The fourth-order valence-corrected chi connectivity index (χ4v) is 4.76. The van der Waals surface area contributed by atoms with Gasteiger partial charge in [0.1, 0.15) is 24.0 Å². The number of carboxylic acids is 1. The number of carboxylic acid groups (broad SMARTS) is 1. The summed E-state index contributed by atoms with van der Waals surface area (Å²) in [6.07, 6.45) is -2.55. The molecular formula is C28H28F6N3O9P. The SMILES string of the molecule is Cc1c[n+](-c2ccc(/C=C3\O[C@@H](C)CN([C@H](c4ccc(F)c(F)c4)[C@@H](C)O)C3=O)cc2F)cn1COP(=O)(O)O.O=C([O-])C(F)(F)F. The summed E-state index contributed by atoms with van der Waals surface area (Å²) in [7, 11) is -4.69. The number of hydrogen-bond donors (Lipinski definition) is 3. The van der Waals surface area contributed by atoms with E-state index in [-0.39, 0.29) is 23.6 Å². The highest BCUT2D eigenvalue weighted by molar-refractivity contribution is 7.46. The highest BCUT2D eigenvalue weighted by atomic mass is 31.2. The molecule has 0 bridgehead atoms. The molecule has 1 aliphatic rings. The summed E-state index contributed by atoms with van der Waals surface area (Å²) >= 11 is 0. The van der Waals surface area contributed by atoms with Gasteiger partial charge in [-0.05, 0) is 55.3 Å². The number of phosphoric acid groups is 1. The molecule has 2 heterocycles. The van der Waals surface area contributed by atoms with E-state index in [1.807, 2.05) is 0 Å². The Labute approximate surface area is 262 Å². The number of aliphatic hydroxyl groups excluding tert-OH is 1. The maximum Gasteiger partial charge on any atom is 0.472 e. The Kier molecular flexibility index (Phi) is 11.6. The molecule has 3 N–H and O–H groups in total. The van der Waals surface area contributed by atoms with Crippen molar-refractivity contribution in [2.45, 2.75) is 51.9 Å². The van der Waals surface area contributed by atoms with Crippen molar-refractivity contribution in [3.8, 4) is 5.69 Å². The summed E-state index contributed by atoms with van der Waals surface area (Å²) in [6, 6.07) is 6.33. The van der Waals surface area contributed by atoms with E-state index in [1.165, 1.54) is 51.6 Å². The number of aromatic nitrogens is 2. The number of imidazole rings is 1. The van der Waals surface area contributed by atoms with Crippen LogP contribution in [0.15, 0.2) is 54.7 Å². The molecule has 0 unspecified atom stereocenters. The van der Waals surface area contributed by atoms with Crippen molar-refractivity contribution < 1.29 is 74.3 Å². The molecule has 3 aromatic rings. The fraction of sp³-hybridized carbons (Fsp3) is 0.321. The average Bonchev–Trinajstić information content (AvgIpc) is 3.31. The third-order valence-electron chi connectivity index (χ3n) is 6.52. The van der Waals surface area contributed by atoms with Gasteiger partial charge in [-0.15, -0.1) is 0 Å². The lowest BCUT2D eigenvalue weighted by Crippen LogP contribution is -2.48. The first-order valence-corrected chi connectivity index (χ1v) is 14.9. The van der Waals surface area contributed by atoms with Gasteiger partial charge in [0.05, 0.1) is 18.7 Å². The quantitative estimate of drug-likeness (QED) is 0.139. The van der Waals surface area contributed by atoms with Crippen LogP contribution >= 0.6 is 7.82 Å². The number of aliphatic carboxylic acids is 1. The minimum Gasteiger partial charge on any atom is -0.542 e. The van der Waals surface area contributed by atoms with Crippen LogP contribution in [0.1, 0.15) is 36.7 Å². The molecule has 47 heavy (non-hydrogen) atoms. The van der Waals surface area contributed by atoms with Crippen molar-refractivity contribution in [1.82, 2.24) is 9.47 Å². The second-order valence-corrected chi connectivity index (χ2v) is 11.5. The van der Waals surface area contributed by atoms with Crippen LogP contribution in [-0.4, -0.2) is 61.2 Å². The number of hydrogen-bond acceptors (Lipinski definition) is 7. The lowest BCUT2D eigenvalue weighted by Gasteiger charge is -2.39. The Morgan fingerprint density at radius 1 is 1.17 bits per heavy atom. The number of halogens is 6. The number of carbonyl (C=O) groups excluding carboxylic acids is 2. The van der Waals surface area contributed by atoms with Crippen molar-refractivity contribution in [2.75, 3.05) is 6.54 Å². The largest absolute Gasteiger partial charge is 0.542 e. The molecular weight excluding hydrogens is 667 g/mol. The van der Waals surface area contributed by atoms with Crippen LogP contribution in [0.25, 0.3) is 11.8 Å². The lowest BCUT2D eigenvalue weighted by atomic mass is 9.98. The van der Waals surface area contributed by atoms with E-state index < -0.39 is 68.3 Å². The second-order valence-electron chi connectivity index (χ2n) is 10.3. The van der Waals surface area contributed by atoms with Crippen LogP contribution in [-0.2, 0) is 30.1 Å². The number of ether oxygens (including phenoxy) is 1. The van der Waals surface area contributed by atoms with E-state index in [1.54, 1.807) is 26.1 Å². The number of benzene rings is 2. The van der Waals surface area contributed by atoms with Crippen LogP contribution in [0.3, 0.4) is 0 Å². The molecule has 0 radical (unpaired) electrons. The van der Waals surface area contributed by atoms with Gasteiger partial charge in [0, 0.05) is 6.92 Å². The van der Waals surface area contributed by atoms with Gasteiger partial charge in [-0.2, -0.15) is 17.7 Å². The summed E-state index contributed by atoms with van der Waals surface area (Å²) in [4.78, 5) is 41.3. The number of phosphoric ester groups is 1. The van der Waals surface area contributed by atoms with Crippen molar-refractivity contribution in [1.29, 1.82) is 0 Å². The van der Waals surface area contributed by atoms with E-state index >= 15 is 4.39 Å². The first-order chi connectivity index (χ1) is 21.7. The molecule has 1 aromatic heterocycles. The number of nitrogens with zero attached hydrogens (tertiary/aromatic N) is 3. The lowest BCUT2D eigenvalue weighted by molar-refractivity contribution is -0.597. The fourth-order valence-electron chi connectivity index (χ4n) is 4.48. The Morgan fingerprint density at radius 2 is 1.81 bits per heavy atom. The molecule has 0 spiro atoms. The number of aliphatic hydroxyl groups is 1. The molecule has 1 amide bonds. The predicted molar refractivity (Wildman–Crippen MR) is 146 cm³/mol. The van der Waals surface area contributed by atoms with E-state index in [4.69, 9.17) is 24.4 Å². The van der Waals surface area contributed by atoms with Crippen LogP contribution in [0.2, 0.25) is 0 Å². The van der Waals surface area contributed by atoms with Crippen LogP contribution in [0, 0.1) is 24.4 Å². The van der Waals surface area contributed by atoms with Crippen molar-refractivity contribution >= 4 is 25.8 Å². The van der Waals surface area contributed by atoms with Gasteiger partial charge in [0.2, 0.25) is 6.73 Å². The van der Waals surface area contributed by atoms with Gasteiger partial charge in [-0.3, -0.25) is 4.79 Å². The highest BCUT2D eigenvalue weighted by Crippen LogP contribution is 2.36. The van der Waals surface area contributed by atoms with Gasteiger partial charge in [-0.1, -0.05) is 12.1 Å². The Balaban J connectivity index is 0.000000771. The predicted octanol–water partition coefficient (Wildman–Crippen LogP) is 2.57. The maximum absolute atomic E-state index is 15.1. The molecule has 1 fully saturated rings. The average molecular weight is 696 g/mol. The minimum atomic E-state index is -5.19. The number of morpholine rings is 1. The number of amides is 1. The van der Waals surface area contributed by atoms with Crippen LogP contribution in [0.5, 0.6) is 0 Å². The first kappa shape index (κ1) is 37.2. The molecule has 19 heteroatoms. The van der Waals surface area contributed by atoms with E-state index in [0.717, 1.165) is 12.1 Å². The monoisotopic (exact) mass is 695 g/mol. The summed E-state index contributed by atoms with van der Waals surface area (Å²) in [5, 5.41) is 19.2. The van der Waals surface area contributed by atoms with Crippen molar-refractivity contribution in [3.05, 3.63) is 89.0 Å². The molecule has 256 valence electrons. The number of alkyl halides is 3. The standard InChI is InChI=1S/C26H27F3N3O7P.C2HF3O2/c1-15-11-30(13-31(15)14-38-40(35,36)37)23-7-4-18(8-22(23)29)9-24-26(34)32(12-16(2)39-24)25(17(3)33)19-5-6-20(27)21(28)10-19;3-2(4,5)1(6)7/h4-11,13,16-17,25,33H,12,14H2,1-3H3,(H-,35,36,37);(H,6,7)/b24-9-;/t16-,17+,25-;/m0./s1. The van der Waals surface area contributed by atoms with Crippen molar-refractivity contribution in [2.24, 2.45) is 0 Å². The smallest absolute Gasteiger partial charge is 0.472 e. The minimum absolute atomic E-state index is 0.0662. The van der Waals surface area contributed by atoms with E-state index in [0.29, 0.717) is 11.3 Å². The summed E-state index contributed by atoms with van der Waals surface area (Å²) < 4.78 is 98.1. The van der Waals surface area contributed by atoms with Gasteiger partial charge < -0.3 is 34.4 Å². The van der Waals surface area contributed by atoms with E-state index in [9.17, 15) is 36.4 Å². The van der Waals surface area contributed by atoms with E-state index in [2.05, 4.69) is 4.52 Å². The summed E-state index contributed by atoms with van der Waals surface area (Å²) in [5.41, 5.74) is 1.17. The summed E-state index contributed by atoms with van der Waals surface area (Å²) in [6.45, 7) is 4.40. The third kappa shape index (κ3) is 9.89. The Hall–Kier alpha value is -4.22. The molecule has 0 saturated carbocycles. The van der Waals surface area contributed by atoms with Gasteiger partial charge >= 0.3 is 14.0 Å². The zero-order valence-electron chi connectivity index (χ0n) is 24.7. The Morgan fingerprint density at radius 3 is 2.34 bits per heavy atom. The molecule has 1 aliphatic heterocycles. The second kappa shape index (κ2) is 14.7. The number of rotatable bonds is 8. The van der Waals surface area contributed by atoms with Gasteiger partial charge in [-0.25, -0.2) is 26.8 Å². The van der Waals surface area contributed by atoms with Gasteiger partial charge in [0.25, 0.3) is 12.2 Å². The molecule has 12 nitrogen and oxygen atoms in total. The highest BCUT2D eigenvalue weighted by Gasteiger charge is 2.37. The molecule has 3 atom stereocenters. The normalized spacial score (nSPS) is 17.5. The topological polar surface area (TPSA) is 165 Å². The number of aryl methyl sites for hydroxylation is 1. The van der Waals surface area contributed by atoms with Crippen molar-refractivity contribution in [3.63, 3.8) is 0 Å². The maximum atomic E-state index is 15.1. The van der Waals surface area contributed by atoms with Crippen LogP contribution < -0.4 is 9.67 Å². The molecule has 1 saturated heterocycles. The first-order valence-electron chi connectivity index (χ1n) is 13.4. The molecule has 4 rings (SSSR count). The Bertz CT molecular complexity index is 1710. The zero-order valence-corrected chi connectivity index (χ0v) is 25.6. The third-order valence-corrected chi connectivity index (χ3v) is 6.97. The van der Waals surface area contributed by atoms with Crippen LogP contribution in [0.4, 0.5) is 26.3 Å². The molecule has 2 aromatic carbocycles. The van der Waals surface area contributed by atoms with Gasteiger partial charge in [0.15, 0.2) is 28.9 Å².